The zero-order valence-corrected chi connectivity index (χ0v) is 12.8. The van der Waals surface area contributed by atoms with Gasteiger partial charge in [0, 0.05) is 12.1 Å². The van der Waals surface area contributed by atoms with Crippen LogP contribution in [0.5, 0.6) is 0 Å². The fourth-order valence-electron chi connectivity index (χ4n) is 1.86. The van der Waals surface area contributed by atoms with Gasteiger partial charge in [-0.05, 0) is 50.5 Å². The van der Waals surface area contributed by atoms with Gasteiger partial charge < -0.3 is 5.11 Å². The fourth-order valence-corrected chi connectivity index (χ4v) is 3.45. The first-order chi connectivity index (χ1) is 9.28. The first-order valence-electron chi connectivity index (χ1n) is 6.43. The number of sulfonamides is 1. The second-order valence-corrected chi connectivity index (χ2v) is 6.76. The molecule has 0 radical (unpaired) electrons. The van der Waals surface area contributed by atoms with E-state index >= 15 is 0 Å². The van der Waals surface area contributed by atoms with E-state index in [1.807, 2.05) is 13.0 Å². The van der Waals surface area contributed by atoms with Crippen molar-refractivity contribution in [3.63, 3.8) is 0 Å². The van der Waals surface area contributed by atoms with Crippen LogP contribution < -0.4 is 4.72 Å². The second kappa shape index (κ2) is 6.35. The molecular formula is C14H20N2O3S. The third-order valence-electron chi connectivity index (χ3n) is 3.45. The summed E-state index contributed by atoms with van der Waals surface area (Å²) in [6.45, 7) is 5.24. The van der Waals surface area contributed by atoms with Gasteiger partial charge >= 0.3 is 0 Å². The molecule has 2 N–H and O–H groups in total. The topological polar surface area (TPSA) is 90.2 Å². The molecule has 1 aromatic rings. The third kappa shape index (κ3) is 3.79. The van der Waals surface area contributed by atoms with E-state index in [2.05, 4.69) is 4.72 Å². The number of aliphatic hydroxyl groups is 1. The van der Waals surface area contributed by atoms with Gasteiger partial charge in [0.15, 0.2) is 0 Å². The number of nitriles is 1. The molecule has 0 heterocycles. The highest BCUT2D eigenvalue weighted by molar-refractivity contribution is 7.89. The number of aryl methyl sites for hydroxylation is 1. The van der Waals surface area contributed by atoms with Crippen LogP contribution in [0.1, 0.15) is 37.8 Å². The summed E-state index contributed by atoms with van der Waals surface area (Å²) in [5.74, 6) is 0. The van der Waals surface area contributed by atoms with Crippen molar-refractivity contribution in [2.75, 3.05) is 6.61 Å². The van der Waals surface area contributed by atoms with E-state index in [0.717, 1.165) is 0 Å². The minimum atomic E-state index is -3.67. The van der Waals surface area contributed by atoms with E-state index in [1.165, 1.54) is 18.2 Å². The Morgan fingerprint density at radius 2 is 2.10 bits per heavy atom. The predicted octanol–water partition coefficient (Wildman–Crippen LogP) is 1.70. The zero-order valence-electron chi connectivity index (χ0n) is 12.0. The van der Waals surface area contributed by atoms with Crippen molar-refractivity contribution in [1.82, 2.24) is 4.72 Å². The Hall–Kier alpha value is -1.42. The number of hydrogen-bond acceptors (Lipinski definition) is 4. The minimum Gasteiger partial charge on any atom is -0.396 e. The Labute approximate surface area is 120 Å². The summed E-state index contributed by atoms with van der Waals surface area (Å²) in [6, 6.07) is 6.41. The van der Waals surface area contributed by atoms with E-state index in [-0.39, 0.29) is 11.5 Å². The smallest absolute Gasteiger partial charge is 0.241 e. The van der Waals surface area contributed by atoms with Gasteiger partial charge in [0.2, 0.25) is 10.0 Å². The van der Waals surface area contributed by atoms with E-state index in [1.54, 1.807) is 13.8 Å². The number of nitrogens with one attached hydrogen (secondary N) is 1. The molecule has 0 spiro atoms. The lowest BCUT2D eigenvalue weighted by atomic mass is 9.97. The maximum Gasteiger partial charge on any atom is 0.241 e. The van der Waals surface area contributed by atoms with Crippen LogP contribution in [0.3, 0.4) is 0 Å². The summed E-state index contributed by atoms with van der Waals surface area (Å²) in [5, 5.41) is 17.9. The van der Waals surface area contributed by atoms with Gasteiger partial charge in [-0.25, -0.2) is 13.1 Å². The summed E-state index contributed by atoms with van der Waals surface area (Å²) < 4.78 is 27.3. The molecule has 5 nitrogen and oxygen atoms in total. The Morgan fingerprint density at radius 1 is 1.45 bits per heavy atom. The predicted molar refractivity (Wildman–Crippen MR) is 76.6 cm³/mol. The molecule has 20 heavy (non-hydrogen) atoms. The molecule has 0 saturated heterocycles. The SMILES string of the molecule is CCC(C)(CCO)NS(=O)(=O)c1ccc(C#N)c(C)c1. The van der Waals surface area contributed by atoms with Crippen LogP contribution in [-0.2, 0) is 10.0 Å². The molecule has 0 aliphatic rings. The highest BCUT2D eigenvalue weighted by atomic mass is 32.2. The average Bonchev–Trinajstić information content (AvgIpc) is 2.38. The summed E-state index contributed by atoms with van der Waals surface area (Å²) in [5.41, 5.74) is 0.392. The van der Waals surface area contributed by atoms with Crippen molar-refractivity contribution < 1.29 is 13.5 Å². The molecule has 0 saturated carbocycles. The van der Waals surface area contributed by atoms with Gasteiger partial charge in [0.1, 0.15) is 0 Å². The number of rotatable bonds is 6. The van der Waals surface area contributed by atoms with E-state index in [4.69, 9.17) is 10.4 Å². The molecular weight excluding hydrogens is 276 g/mol. The van der Waals surface area contributed by atoms with Gasteiger partial charge in [0.25, 0.3) is 0 Å². The second-order valence-electron chi connectivity index (χ2n) is 5.08. The molecule has 0 aromatic heterocycles. The van der Waals surface area contributed by atoms with Crippen LogP contribution in [0, 0.1) is 18.3 Å². The van der Waals surface area contributed by atoms with Crippen LogP contribution in [0.15, 0.2) is 23.1 Å². The van der Waals surface area contributed by atoms with Gasteiger partial charge in [-0.15, -0.1) is 0 Å². The van der Waals surface area contributed by atoms with Crippen LogP contribution >= 0.6 is 0 Å². The quantitative estimate of drug-likeness (QED) is 0.836. The van der Waals surface area contributed by atoms with Crippen molar-refractivity contribution in [2.45, 2.75) is 44.0 Å². The lowest BCUT2D eigenvalue weighted by Gasteiger charge is -2.28. The molecule has 1 atom stereocenters. The van der Waals surface area contributed by atoms with Crippen LogP contribution in [-0.4, -0.2) is 25.7 Å². The van der Waals surface area contributed by atoms with Crippen molar-refractivity contribution in [2.24, 2.45) is 0 Å². The molecule has 0 aliphatic carbocycles. The monoisotopic (exact) mass is 296 g/mol. The third-order valence-corrected chi connectivity index (χ3v) is 5.09. The first kappa shape index (κ1) is 16.6. The minimum absolute atomic E-state index is 0.0841. The number of hydrogen-bond donors (Lipinski definition) is 2. The van der Waals surface area contributed by atoms with Gasteiger partial charge in [-0.1, -0.05) is 6.92 Å². The van der Waals surface area contributed by atoms with Gasteiger partial charge in [-0.3, -0.25) is 0 Å². The molecule has 1 rings (SSSR count). The molecule has 0 bridgehead atoms. The Morgan fingerprint density at radius 3 is 2.55 bits per heavy atom. The maximum atomic E-state index is 12.4. The summed E-state index contributed by atoms with van der Waals surface area (Å²) >= 11 is 0. The lowest BCUT2D eigenvalue weighted by Crippen LogP contribution is -2.46. The van der Waals surface area contributed by atoms with E-state index < -0.39 is 15.6 Å². The van der Waals surface area contributed by atoms with Crippen molar-refractivity contribution >= 4 is 10.0 Å². The molecule has 0 aliphatic heterocycles. The maximum absolute atomic E-state index is 12.4. The molecule has 0 fully saturated rings. The van der Waals surface area contributed by atoms with Crippen LogP contribution in [0.4, 0.5) is 0 Å². The van der Waals surface area contributed by atoms with E-state index in [0.29, 0.717) is 24.0 Å². The Bertz CT molecular complexity index is 620. The summed E-state index contributed by atoms with van der Waals surface area (Å²) in [6.07, 6.45) is 0.917. The largest absolute Gasteiger partial charge is 0.396 e. The van der Waals surface area contributed by atoms with Crippen molar-refractivity contribution in [3.05, 3.63) is 29.3 Å². The van der Waals surface area contributed by atoms with Gasteiger partial charge in [0.05, 0.1) is 16.5 Å². The molecule has 1 aromatic carbocycles. The number of aliphatic hydroxyl groups excluding tert-OH is 1. The van der Waals surface area contributed by atoms with Crippen molar-refractivity contribution in [3.8, 4) is 6.07 Å². The highest BCUT2D eigenvalue weighted by Crippen LogP contribution is 2.20. The number of benzene rings is 1. The molecule has 1 unspecified atom stereocenters. The lowest BCUT2D eigenvalue weighted by molar-refractivity contribution is 0.233. The first-order valence-corrected chi connectivity index (χ1v) is 7.92. The average molecular weight is 296 g/mol. The molecule has 6 heteroatoms. The zero-order chi connectivity index (χ0) is 15.4. The Balaban J connectivity index is 3.12. The summed E-state index contributed by atoms with van der Waals surface area (Å²) in [7, 11) is -3.67. The summed E-state index contributed by atoms with van der Waals surface area (Å²) in [4.78, 5) is 0.131. The van der Waals surface area contributed by atoms with E-state index in [9.17, 15) is 8.42 Å². The van der Waals surface area contributed by atoms with Crippen LogP contribution in [0.25, 0.3) is 0 Å². The normalized spacial score (nSPS) is 14.6. The molecule has 0 amide bonds. The van der Waals surface area contributed by atoms with Crippen LogP contribution in [0.2, 0.25) is 0 Å². The highest BCUT2D eigenvalue weighted by Gasteiger charge is 2.28. The number of nitrogens with zero attached hydrogens (tertiary/aromatic N) is 1. The molecule has 110 valence electrons. The fraction of sp³-hybridized carbons (Fsp3) is 0.500. The van der Waals surface area contributed by atoms with Crippen molar-refractivity contribution in [1.29, 1.82) is 5.26 Å². The standard InChI is InChI=1S/C14H20N2O3S/c1-4-14(3,7-8-17)16-20(18,19)13-6-5-12(10-15)11(2)9-13/h5-6,9,16-17H,4,7-8H2,1-3H3. The Kier molecular flexibility index (Phi) is 5.28. The van der Waals surface area contributed by atoms with Gasteiger partial charge in [-0.2, -0.15) is 5.26 Å².